The summed E-state index contributed by atoms with van der Waals surface area (Å²) in [4.78, 5) is 47.6. The molecule has 12 heteroatoms. The number of piperidine rings is 1. The van der Waals surface area contributed by atoms with Gasteiger partial charge in [-0.15, -0.1) is 0 Å². The molecule has 2 heterocycles. The van der Waals surface area contributed by atoms with E-state index in [-0.39, 0.29) is 41.8 Å². The second-order valence-corrected chi connectivity index (χ2v) is 11.3. The summed E-state index contributed by atoms with van der Waals surface area (Å²) in [5.74, 6) is -5.88. The van der Waals surface area contributed by atoms with E-state index in [9.17, 15) is 32.3 Å². The second-order valence-electron chi connectivity index (χ2n) is 11.3. The Balaban J connectivity index is 0.000000467. The van der Waals surface area contributed by atoms with E-state index in [2.05, 4.69) is 5.32 Å². The maximum Gasteiger partial charge on any atom is 0.328 e. The lowest BCUT2D eigenvalue weighted by Gasteiger charge is -2.42. The van der Waals surface area contributed by atoms with Gasteiger partial charge in [-0.1, -0.05) is 30.3 Å². The second kappa shape index (κ2) is 13.4. The fourth-order valence-corrected chi connectivity index (χ4v) is 6.04. The Bertz CT molecular complexity index is 1370. The van der Waals surface area contributed by atoms with Gasteiger partial charge in [0.2, 0.25) is 11.8 Å². The molecule has 0 radical (unpaired) electrons. The molecule has 3 atom stereocenters. The molecule has 5 rings (SSSR count). The van der Waals surface area contributed by atoms with Gasteiger partial charge in [0, 0.05) is 42.9 Å². The molecule has 43 heavy (non-hydrogen) atoms. The lowest BCUT2D eigenvalue weighted by molar-refractivity contribution is -0.148. The highest BCUT2D eigenvalue weighted by Gasteiger charge is 2.61. The molecule has 2 saturated heterocycles. The zero-order valence-corrected chi connectivity index (χ0v) is 23.3. The van der Waals surface area contributed by atoms with Gasteiger partial charge in [-0.05, 0) is 68.1 Å². The maximum absolute atomic E-state index is 14.1. The molecule has 2 amide bonds. The van der Waals surface area contributed by atoms with Crippen LogP contribution in [-0.2, 0) is 32.1 Å². The number of nitrogens with zero attached hydrogens (tertiary/aromatic N) is 1. The first-order valence-electron chi connectivity index (χ1n) is 14.1. The summed E-state index contributed by atoms with van der Waals surface area (Å²) in [5, 5.41) is 18.6. The highest BCUT2D eigenvalue weighted by atomic mass is 19.2. The number of carbonyl (C=O) groups excluding carboxylic acids is 2. The third kappa shape index (κ3) is 7.61. The number of nitrogens with one attached hydrogen (secondary N) is 1. The van der Waals surface area contributed by atoms with E-state index in [0.29, 0.717) is 50.4 Å². The molecule has 5 N–H and O–H groups in total. The zero-order chi connectivity index (χ0) is 31.3. The van der Waals surface area contributed by atoms with Gasteiger partial charge in [0.25, 0.3) is 0 Å². The summed E-state index contributed by atoms with van der Waals surface area (Å²) >= 11 is 0. The first-order valence-corrected chi connectivity index (χ1v) is 14.1. The average Bonchev–Trinajstić information content (AvgIpc) is 3.74. The van der Waals surface area contributed by atoms with Crippen LogP contribution in [0.5, 0.6) is 0 Å². The van der Waals surface area contributed by atoms with Crippen LogP contribution in [0.1, 0.15) is 49.7 Å². The average molecular weight is 602 g/mol. The number of aliphatic carboxylic acids is 2. The maximum atomic E-state index is 14.1. The smallest absolute Gasteiger partial charge is 0.328 e. The summed E-state index contributed by atoms with van der Waals surface area (Å²) in [6.45, 7) is 0.388. The van der Waals surface area contributed by atoms with Crippen molar-refractivity contribution in [2.75, 3.05) is 0 Å². The van der Waals surface area contributed by atoms with Gasteiger partial charge in [0.1, 0.15) is 11.2 Å². The van der Waals surface area contributed by atoms with Gasteiger partial charge in [-0.2, -0.15) is 0 Å². The first kappa shape index (κ1) is 31.7. The Morgan fingerprint density at radius 2 is 1.49 bits per heavy atom. The number of halogens is 3. The largest absolute Gasteiger partial charge is 0.478 e. The Hall–Kier alpha value is -4.19. The number of hydrogen-bond donors (Lipinski definition) is 4. The molecule has 2 bridgehead atoms. The number of hydrogen-bond acceptors (Lipinski definition) is 5. The molecule has 9 nitrogen and oxygen atoms in total. The molecular formula is C31H34F3N3O6. The molecule has 230 valence electrons. The minimum atomic E-state index is -1.26. The Labute approximate surface area is 246 Å². The number of amides is 2. The predicted octanol–water partition coefficient (Wildman–Crippen LogP) is 3.55. The summed E-state index contributed by atoms with van der Waals surface area (Å²) in [7, 11) is 0. The number of benzene rings is 2. The van der Waals surface area contributed by atoms with Crippen molar-refractivity contribution < 1.29 is 42.6 Å². The van der Waals surface area contributed by atoms with E-state index in [0.717, 1.165) is 24.5 Å². The molecule has 0 spiro atoms. The minimum Gasteiger partial charge on any atom is -0.478 e. The van der Waals surface area contributed by atoms with E-state index in [1.165, 1.54) is 0 Å². The lowest BCUT2D eigenvalue weighted by atomic mass is 9.82. The van der Waals surface area contributed by atoms with Crippen molar-refractivity contribution in [3.8, 4) is 0 Å². The summed E-state index contributed by atoms with van der Waals surface area (Å²) in [5.41, 5.74) is 6.48. The van der Waals surface area contributed by atoms with Crippen molar-refractivity contribution in [2.24, 2.45) is 17.1 Å². The topological polar surface area (TPSA) is 150 Å². The molecule has 2 unspecified atom stereocenters. The summed E-state index contributed by atoms with van der Waals surface area (Å²) < 4.78 is 41.0. The SMILES string of the molecule is N[C@H](Cc1cc(F)c(F)cc1F)C1CC2CCC(C1)N2C(=O)C1(C(=O)NCc2ccccc2)CC1.O=C(O)/C=C\C(=O)O. The Morgan fingerprint density at radius 1 is 0.930 bits per heavy atom. The number of carbonyl (C=O) groups is 4. The number of carboxylic acids is 2. The molecular weight excluding hydrogens is 567 g/mol. The van der Waals surface area contributed by atoms with Crippen LogP contribution >= 0.6 is 0 Å². The van der Waals surface area contributed by atoms with Crippen LogP contribution in [0.4, 0.5) is 13.2 Å². The molecule has 1 saturated carbocycles. The van der Waals surface area contributed by atoms with Crippen molar-refractivity contribution in [1.29, 1.82) is 0 Å². The normalized spacial score (nSPS) is 22.3. The summed E-state index contributed by atoms with van der Waals surface area (Å²) in [6.07, 6.45) is 5.35. The summed E-state index contributed by atoms with van der Waals surface area (Å²) in [6, 6.07) is 10.6. The Morgan fingerprint density at radius 3 is 2.02 bits per heavy atom. The molecule has 1 aliphatic carbocycles. The third-order valence-electron chi connectivity index (χ3n) is 8.41. The standard InChI is InChI=1S/C27H30F3N3O2.C4H4O4/c28-21-14-23(30)22(29)12-17(21)13-24(31)18-10-19-6-7-20(11-18)33(19)26(35)27(8-9-27)25(34)32-15-16-4-2-1-3-5-16;5-3(6)1-2-4(7)8/h1-5,12,14,18-20,24H,6-11,13,15,31H2,(H,32,34);1-2H,(H,5,6)(H,7,8)/b;2-1-/t18?,19?,20?,24-;/m1./s1. The number of rotatable bonds is 9. The van der Waals surface area contributed by atoms with Crippen LogP contribution in [0.15, 0.2) is 54.6 Å². The minimum absolute atomic E-state index is 0.00787. The monoisotopic (exact) mass is 601 g/mol. The van der Waals surface area contributed by atoms with E-state index in [4.69, 9.17) is 15.9 Å². The first-order chi connectivity index (χ1) is 20.4. The third-order valence-corrected chi connectivity index (χ3v) is 8.41. The number of carboxylic acid groups (broad SMARTS) is 2. The fourth-order valence-electron chi connectivity index (χ4n) is 6.04. The van der Waals surface area contributed by atoms with Crippen molar-refractivity contribution in [3.05, 3.63) is 83.2 Å². The van der Waals surface area contributed by atoms with Gasteiger partial charge in [0.05, 0.1) is 0 Å². The van der Waals surface area contributed by atoms with E-state index >= 15 is 0 Å². The van der Waals surface area contributed by atoms with Gasteiger partial charge in [-0.3, -0.25) is 9.59 Å². The van der Waals surface area contributed by atoms with Gasteiger partial charge >= 0.3 is 11.9 Å². The van der Waals surface area contributed by atoms with Crippen LogP contribution in [-0.4, -0.2) is 57.0 Å². The highest BCUT2D eigenvalue weighted by Crippen LogP contribution is 2.51. The highest BCUT2D eigenvalue weighted by molar-refractivity contribution is 6.08. The molecule has 0 aromatic heterocycles. The van der Waals surface area contributed by atoms with Crippen LogP contribution in [0.2, 0.25) is 0 Å². The number of fused-ring (bicyclic) bond motifs is 2. The fraction of sp³-hybridized carbons (Fsp3) is 0.419. The quantitative estimate of drug-likeness (QED) is 0.195. The van der Waals surface area contributed by atoms with Crippen LogP contribution in [0.3, 0.4) is 0 Å². The van der Waals surface area contributed by atoms with Crippen LogP contribution in [0.25, 0.3) is 0 Å². The predicted molar refractivity (Wildman–Crippen MR) is 149 cm³/mol. The van der Waals surface area contributed by atoms with Crippen molar-refractivity contribution in [3.63, 3.8) is 0 Å². The molecule has 2 aliphatic heterocycles. The van der Waals surface area contributed by atoms with Gasteiger partial charge < -0.3 is 26.2 Å². The molecule has 2 aromatic rings. The van der Waals surface area contributed by atoms with Crippen LogP contribution in [0, 0.1) is 28.8 Å². The van der Waals surface area contributed by atoms with E-state index in [1.54, 1.807) is 0 Å². The van der Waals surface area contributed by atoms with Crippen molar-refractivity contribution >= 4 is 23.8 Å². The van der Waals surface area contributed by atoms with E-state index in [1.807, 2.05) is 35.2 Å². The molecule has 2 aromatic carbocycles. The molecule has 3 fully saturated rings. The van der Waals surface area contributed by atoms with Crippen LogP contribution < -0.4 is 11.1 Å². The zero-order valence-electron chi connectivity index (χ0n) is 23.3. The number of nitrogens with two attached hydrogens (primary N) is 1. The lowest BCUT2D eigenvalue weighted by Crippen LogP contribution is -2.54. The van der Waals surface area contributed by atoms with Crippen molar-refractivity contribution in [1.82, 2.24) is 10.2 Å². The Kier molecular flexibility index (Phi) is 9.90. The van der Waals surface area contributed by atoms with Gasteiger partial charge in [-0.25, -0.2) is 22.8 Å². The van der Waals surface area contributed by atoms with Gasteiger partial charge in [0.15, 0.2) is 11.6 Å². The van der Waals surface area contributed by atoms with Crippen molar-refractivity contribution in [2.45, 2.75) is 69.6 Å². The van der Waals surface area contributed by atoms with E-state index < -0.39 is 40.8 Å². The molecule has 3 aliphatic rings.